The van der Waals surface area contributed by atoms with E-state index in [0.29, 0.717) is 25.2 Å². The topological polar surface area (TPSA) is 88.9 Å². The Morgan fingerprint density at radius 3 is 2.45 bits per heavy atom. The molecule has 206 valence electrons. The highest BCUT2D eigenvalue weighted by molar-refractivity contribution is 5.80. The molecule has 0 unspecified atom stereocenters. The van der Waals surface area contributed by atoms with Gasteiger partial charge in [0.2, 0.25) is 0 Å². The highest BCUT2D eigenvalue weighted by Gasteiger charge is 2.27. The van der Waals surface area contributed by atoms with Crippen molar-refractivity contribution in [2.45, 2.75) is 59.3 Å². The van der Waals surface area contributed by atoms with Crippen molar-refractivity contribution in [2.75, 3.05) is 7.11 Å². The molecule has 0 amide bonds. The molecule has 0 spiro atoms. The Bertz CT molecular complexity index is 1640. The lowest BCUT2D eigenvalue weighted by Gasteiger charge is -2.30. The number of H-pyrrole nitrogens is 1. The van der Waals surface area contributed by atoms with Crippen molar-refractivity contribution in [3.05, 3.63) is 117 Å². The Hall–Kier alpha value is -4.30. The number of hydrogen-bond donors (Lipinski definition) is 1. The van der Waals surface area contributed by atoms with Crippen LogP contribution in [0.3, 0.4) is 0 Å². The van der Waals surface area contributed by atoms with E-state index in [0.717, 1.165) is 46.4 Å². The third-order valence-corrected chi connectivity index (χ3v) is 7.62. The van der Waals surface area contributed by atoms with Crippen LogP contribution in [-0.4, -0.2) is 37.2 Å². The average molecular weight is 537 g/mol. The van der Waals surface area contributed by atoms with Crippen LogP contribution in [0.2, 0.25) is 0 Å². The van der Waals surface area contributed by atoms with Crippen molar-refractivity contribution in [3.63, 3.8) is 0 Å². The molecule has 2 aromatic heterocycles. The molecule has 0 aliphatic carbocycles. The second-order valence-corrected chi connectivity index (χ2v) is 10.3. The molecule has 8 nitrogen and oxygen atoms in total. The number of benzene rings is 3. The summed E-state index contributed by atoms with van der Waals surface area (Å²) in [5, 5.41) is 13.9. The molecule has 0 aliphatic rings. The Morgan fingerprint density at radius 2 is 1.68 bits per heavy atom. The number of methoxy groups -OCH3 is 1. The Morgan fingerprint density at radius 1 is 0.950 bits per heavy atom. The van der Waals surface area contributed by atoms with Gasteiger partial charge in [-0.05, 0) is 83.5 Å². The van der Waals surface area contributed by atoms with Gasteiger partial charge in [-0.25, -0.2) is 4.68 Å². The molecule has 0 fully saturated rings. The number of aromatic amines is 1. The number of rotatable bonds is 11. The number of fused-ring (bicyclic) bond motifs is 1. The lowest BCUT2D eigenvalue weighted by Crippen LogP contribution is -2.32. The van der Waals surface area contributed by atoms with Crippen LogP contribution in [0.25, 0.3) is 10.9 Å². The predicted molar refractivity (Wildman–Crippen MR) is 157 cm³/mol. The monoisotopic (exact) mass is 536 g/mol. The third-order valence-electron chi connectivity index (χ3n) is 7.62. The normalized spacial score (nSPS) is 12.2. The molecule has 40 heavy (non-hydrogen) atoms. The number of para-hydroxylation sites is 1. The summed E-state index contributed by atoms with van der Waals surface area (Å²) in [5.74, 6) is 1.60. The second-order valence-electron chi connectivity index (χ2n) is 10.3. The standard InChI is InChI=1S/C32H36N6O2/c1-5-29(31-34-35-36-38(31)16-15-24-11-7-6-8-12-24)37(20-25-13-9-10-14-30(25)40-4)21-27-19-26-17-22(2)23(3)18-28(26)33-32(27)39/h6-14,17-19,29H,5,15-16,20-21H2,1-4H3,(H,33,39)/t29-/m1/s1. The van der Waals surface area contributed by atoms with Crippen molar-refractivity contribution in [1.82, 2.24) is 30.1 Å². The zero-order chi connectivity index (χ0) is 28.1. The number of nitrogens with zero attached hydrogens (tertiary/aromatic N) is 5. The molecule has 0 radical (unpaired) electrons. The Labute approximate surface area is 234 Å². The van der Waals surface area contributed by atoms with Gasteiger partial charge < -0.3 is 9.72 Å². The fourth-order valence-electron chi connectivity index (χ4n) is 5.28. The van der Waals surface area contributed by atoms with Crippen LogP contribution < -0.4 is 10.3 Å². The number of ether oxygens (including phenoxy) is 1. The Kier molecular flexibility index (Phi) is 8.36. The molecule has 1 atom stereocenters. The molecule has 5 aromatic rings. The van der Waals surface area contributed by atoms with Crippen molar-refractivity contribution in [2.24, 2.45) is 0 Å². The van der Waals surface area contributed by atoms with Gasteiger partial charge in [0.15, 0.2) is 5.82 Å². The first-order valence-corrected chi connectivity index (χ1v) is 13.8. The second kappa shape index (κ2) is 12.3. The van der Waals surface area contributed by atoms with Crippen LogP contribution in [-0.2, 0) is 26.1 Å². The summed E-state index contributed by atoms with van der Waals surface area (Å²) < 4.78 is 7.57. The van der Waals surface area contributed by atoms with E-state index in [9.17, 15) is 4.79 Å². The van der Waals surface area contributed by atoms with Gasteiger partial charge in [-0.3, -0.25) is 9.69 Å². The van der Waals surface area contributed by atoms with Crippen LogP contribution in [0, 0.1) is 13.8 Å². The van der Waals surface area contributed by atoms with Gasteiger partial charge in [-0.15, -0.1) is 5.10 Å². The highest BCUT2D eigenvalue weighted by Crippen LogP contribution is 2.29. The van der Waals surface area contributed by atoms with Gasteiger partial charge in [0, 0.05) is 36.3 Å². The maximum absolute atomic E-state index is 13.3. The van der Waals surface area contributed by atoms with Crippen LogP contribution in [0.4, 0.5) is 0 Å². The van der Waals surface area contributed by atoms with E-state index in [2.05, 4.69) is 70.4 Å². The number of pyridine rings is 1. The molecular weight excluding hydrogens is 500 g/mol. The van der Waals surface area contributed by atoms with E-state index in [1.54, 1.807) is 7.11 Å². The highest BCUT2D eigenvalue weighted by atomic mass is 16.5. The maximum Gasteiger partial charge on any atom is 0.252 e. The quantitative estimate of drug-likeness (QED) is 0.239. The van der Waals surface area contributed by atoms with E-state index in [-0.39, 0.29) is 11.6 Å². The van der Waals surface area contributed by atoms with Gasteiger partial charge in [0.1, 0.15) is 5.75 Å². The molecule has 0 saturated heterocycles. The van der Waals surface area contributed by atoms with Crippen molar-refractivity contribution in [3.8, 4) is 5.75 Å². The van der Waals surface area contributed by atoms with Crippen LogP contribution >= 0.6 is 0 Å². The lowest BCUT2D eigenvalue weighted by atomic mass is 10.0. The molecule has 3 aromatic carbocycles. The minimum atomic E-state index is -0.120. The van der Waals surface area contributed by atoms with E-state index in [1.165, 1.54) is 11.1 Å². The molecule has 5 rings (SSSR count). The van der Waals surface area contributed by atoms with Crippen LogP contribution in [0.5, 0.6) is 5.75 Å². The molecular formula is C32H36N6O2. The molecule has 1 N–H and O–H groups in total. The van der Waals surface area contributed by atoms with Gasteiger partial charge in [0.05, 0.1) is 13.2 Å². The molecule has 8 heteroatoms. The number of aromatic nitrogens is 5. The summed E-state index contributed by atoms with van der Waals surface area (Å²) in [6.45, 7) is 7.95. The van der Waals surface area contributed by atoms with Gasteiger partial charge in [-0.1, -0.05) is 55.5 Å². The molecule has 0 aliphatic heterocycles. The van der Waals surface area contributed by atoms with E-state index >= 15 is 0 Å². The third kappa shape index (κ3) is 5.97. The van der Waals surface area contributed by atoms with E-state index in [4.69, 9.17) is 4.74 Å². The van der Waals surface area contributed by atoms with Gasteiger partial charge in [-0.2, -0.15) is 0 Å². The summed E-state index contributed by atoms with van der Waals surface area (Å²) in [6, 6.07) is 24.4. The van der Waals surface area contributed by atoms with Crippen molar-refractivity contribution in [1.29, 1.82) is 0 Å². The summed E-state index contributed by atoms with van der Waals surface area (Å²) in [6.07, 6.45) is 1.59. The molecule has 0 saturated carbocycles. The summed E-state index contributed by atoms with van der Waals surface area (Å²) in [7, 11) is 1.68. The molecule has 0 bridgehead atoms. The largest absolute Gasteiger partial charge is 0.496 e. The minimum absolute atomic E-state index is 0.0840. The zero-order valence-electron chi connectivity index (χ0n) is 23.6. The zero-order valence-corrected chi connectivity index (χ0v) is 23.6. The minimum Gasteiger partial charge on any atom is -0.496 e. The SMILES string of the molecule is CC[C@H](c1nnnn1CCc1ccccc1)N(Cc1ccccc1OC)Cc1cc2cc(C)c(C)cc2[nH]c1=O. The smallest absolute Gasteiger partial charge is 0.252 e. The van der Waals surface area contributed by atoms with Gasteiger partial charge in [0.25, 0.3) is 5.56 Å². The number of hydrogen-bond acceptors (Lipinski definition) is 6. The van der Waals surface area contributed by atoms with Gasteiger partial charge >= 0.3 is 0 Å². The van der Waals surface area contributed by atoms with Crippen molar-refractivity contribution < 1.29 is 4.74 Å². The van der Waals surface area contributed by atoms with E-state index in [1.807, 2.05) is 53.2 Å². The number of tetrazole rings is 1. The predicted octanol–water partition coefficient (Wildman–Crippen LogP) is 5.54. The van der Waals surface area contributed by atoms with Crippen molar-refractivity contribution >= 4 is 10.9 Å². The summed E-state index contributed by atoms with van der Waals surface area (Å²) in [4.78, 5) is 18.7. The average Bonchev–Trinajstić information content (AvgIpc) is 3.43. The van der Waals surface area contributed by atoms with E-state index < -0.39 is 0 Å². The summed E-state index contributed by atoms with van der Waals surface area (Å²) >= 11 is 0. The molecule has 2 heterocycles. The first-order chi connectivity index (χ1) is 19.5. The number of aryl methyl sites for hydroxylation is 4. The first-order valence-electron chi connectivity index (χ1n) is 13.8. The van der Waals surface area contributed by atoms with Crippen LogP contribution in [0.15, 0.2) is 77.6 Å². The lowest BCUT2D eigenvalue weighted by molar-refractivity contribution is 0.159. The maximum atomic E-state index is 13.3. The van der Waals surface area contributed by atoms with Crippen LogP contribution in [0.1, 0.15) is 53.0 Å². The number of nitrogens with one attached hydrogen (secondary N) is 1. The fourth-order valence-corrected chi connectivity index (χ4v) is 5.28. The summed E-state index contributed by atoms with van der Waals surface area (Å²) in [5.41, 5.74) is 6.09. The Balaban J connectivity index is 1.51. The fraction of sp³-hybridized carbons (Fsp3) is 0.312. The first kappa shape index (κ1) is 27.3.